The van der Waals surface area contributed by atoms with Gasteiger partial charge in [0.25, 0.3) is 5.91 Å². The summed E-state index contributed by atoms with van der Waals surface area (Å²) in [5, 5.41) is 10.3. The summed E-state index contributed by atoms with van der Waals surface area (Å²) in [6.45, 7) is 4.72. The number of nitrogens with one attached hydrogen (secondary N) is 2. The van der Waals surface area contributed by atoms with Crippen LogP contribution in [0.2, 0.25) is 0 Å². The first-order valence-corrected chi connectivity index (χ1v) is 6.41. The van der Waals surface area contributed by atoms with Gasteiger partial charge in [0.15, 0.2) is 0 Å². The second-order valence-corrected chi connectivity index (χ2v) is 4.60. The molecule has 0 aliphatic rings. The van der Waals surface area contributed by atoms with Crippen LogP contribution in [0.3, 0.4) is 0 Å². The number of carbonyl (C=O) groups is 1. The third-order valence-corrected chi connectivity index (χ3v) is 2.97. The minimum absolute atomic E-state index is 0.152. The third kappa shape index (κ3) is 2.84. The fraction of sp³-hybridized carbons (Fsp3) is 0.250. The first kappa shape index (κ1) is 12.5. The minimum Gasteiger partial charge on any atom is -0.385 e. The molecular formula is C12H14N4OS. The molecule has 0 fully saturated rings. The van der Waals surface area contributed by atoms with E-state index in [-0.39, 0.29) is 5.91 Å². The molecule has 5 nitrogen and oxygen atoms in total. The summed E-state index contributed by atoms with van der Waals surface area (Å²) in [4.78, 5) is 12.2. The Hall–Kier alpha value is -1.95. The second kappa shape index (κ2) is 5.59. The van der Waals surface area contributed by atoms with Gasteiger partial charge >= 0.3 is 0 Å². The van der Waals surface area contributed by atoms with Gasteiger partial charge in [-0.05, 0) is 26.0 Å². The van der Waals surface area contributed by atoms with Gasteiger partial charge in [-0.25, -0.2) is 0 Å². The Balaban J connectivity index is 2.25. The van der Waals surface area contributed by atoms with Crippen LogP contribution in [-0.2, 0) is 0 Å². The predicted octanol–water partition coefficient (Wildman–Crippen LogP) is 2.53. The van der Waals surface area contributed by atoms with Crippen LogP contribution in [0.5, 0.6) is 0 Å². The molecule has 0 spiro atoms. The van der Waals surface area contributed by atoms with Crippen molar-refractivity contribution in [2.24, 2.45) is 0 Å². The molecule has 2 N–H and O–H groups in total. The molecule has 0 aliphatic carbocycles. The Morgan fingerprint density at radius 1 is 1.44 bits per heavy atom. The summed E-state index contributed by atoms with van der Waals surface area (Å²) in [7, 11) is 0. The van der Waals surface area contributed by atoms with Gasteiger partial charge in [-0.3, -0.25) is 4.79 Å². The lowest BCUT2D eigenvalue weighted by molar-refractivity contribution is 0.102. The molecular weight excluding hydrogens is 248 g/mol. The highest BCUT2D eigenvalue weighted by molar-refractivity contribution is 7.10. The molecule has 2 aromatic rings. The molecule has 6 heteroatoms. The molecule has 0 saturated carbocycles. The molecule has 0 atom stereocenters. The minimum atomic E-state index is -0.152. The van der Waals surface area contributed by atoms with E-state index in [0.29, 0.717) is 10.6 Å². The van der Waals surface area contributed by atoms with Crippen molar-refractivity contribution in [3.63, 3.8) is 0 Å². The number of aryl methyl sites for hydroxylation is 1. The summed E-state index contributed by atoms with van der Waals surface area (Å²) in [6.07, 6.45) is 1.53. The van der Waals surface area contributed by atoms with Crippen LogP contribution in [-0.4, -0.2) is 22.0 Å². The number of anilines is 2. The molecule has 0 radical (unpaired) electrons. The Morgan fingerprint density at radius 2 is 2.28 bits per heavy atom. The van der Waals surface area contributed by atoms with E-state index in [1.165, 1.54) is 6.20 Å². The van der Waals surface area contributed by atoms with E-state index in [1.54, 1.807) is 0 Å². The van der Waals surface area contributed by atoms with E-state index in [4.69, 9.17) is 0 Å². The van der Waals surface area contributed by atoms with Gasteiger partial charge in [0.1, 0.15) is 5.00 Å². The number of hydrogen-bond donors (Lipinski definition) is 2. The van der Waals surface area contributed by atoms with E-state index in [9.17, 15) is 4.79 Å². The van der Waals surface area contributed by atoms with Gasteiger partial charge in [-0.2, -0.15) is 0 Å². The van der Waals surface area contributed by atoms with Crippen molar-refractivity contribution in [2.75, 3.05) is 17.2 Å². The molecule has 1 amide bonds. The molecule has 0 saturated heterocycles. The van der Waals surface area contributed by atoms with Gasteiger partial charge in [-0.1, -0.05) is 16.1 Å². The van der Waals surface area contributed by atoms with Crippen LogP contribution in [0.25, 0.3) is 0 Å². The van der Waals surface area contributed by atoms with Crippen LogP contribution in [0.15, 0.2) is 24.4 Å². The van der Waals surface area contributed by atoms with Gasteiger partial charge in [0, 0.05) is 23.8 Å². The maximum Gasteiger partial charge on any atom is 0.258 e. The van der Waals surface area contributed by atoms with Crippen LogP contribution in [0.1, 0.15) is 22.8 Å². The monoisotopic (exact) mass is 262 g/mol. The van der Waals surface area contributed by atoms with Crippen molar-refractivity contribution in [2.45, 2.75) is 13.8 Å². The maximum absolute atomic E-state index is 12.2. The van der Waals surface area contributed by atoms with E-state index >= 15 is 0 Å². The van der Waals surface area contributed by atoms with Gasteiger partial charge in [0.05, 0.1) is 11.8 Å². The average Bonchev–Trinajstić information content (AvgIpc) is 2.84. The number of benzene rings is 1. The zero-order valence-corrected chi connectivity index (χ0v) is 11.0. The Labute approximate surface area is 109 Å². The zero-order chi connectivity index (χ0) is 13.0. The molecule has 94 valence electrons. The number of nitrogens with zero attached hydrogens (tertiary/aromatic N) is 2. The summed E-state index contributed by atoms with van der Waals surface area (Å²) in [6, 6.07) is 5.75. The van der Waals surface area contributed by atoms with Crippen molar-refractivity contribution in [3.05, 3.63) is 35.5 Å². The van der Waals surface area contributed by atoms with Crippen molar-refractivity contribution < 1.29 is 4.79 Å². The highest BCUT2D eigenvalue weighted by Crippen LogP contribution is 2.19. The largest absolute Gasteiger partial charge is 0.385 e. The normalized spacial score (nSPS) is 10.1. The van der Waals surface area contributed by atoms with E-state index in [1.807, 2.05) is 32.0 Å². The van der Waals surface area contributed by atoms with Crippen LogP contribution in [0, 0.1) is 6.92 Å². The van der Waals surface area contributed by atoms with Crippen molar-refractivity contribution >= 4 is 28.1 Å². The van der Waals surface area contributed by atoms with Crippen molar-refractivity contribution in [1.29, 1.82) is 0 Å². The SMILES string of the molecule is CCNc1ccc(C)cc1C(=O)Nc1cnns1. The maximum atomic E-state index is 12.2. The molecule has 18 heavy (non-hydrogen) atoms. The van der Waals surface area contributed by atoms with Crippen LogP contribution in [0.4, 0.5) is 10.7 Å². The predicted molar refractivity (Wildman–Crippen MR) is 73.2 cm³/mol. The first-order valence-electron chi connectivity index (χ1n) is 5.64. The van der Waals surface area contributed by atoms with Crippen molar-refractivity contribution in [3.8, 4) is 0 Å². The summed E-state index contributed by atoms with van der Waals surface area (Å²) in [5.74, 6) is -0.152. The number of rotatable bonds is 4. The molecule has 1 heterocycles. The van der Waals surface area contributed by atoms with Gasteiger partial charge in [0.2, 0.25) is 0 Å². The Bertz CT molecular complexity index is 539. The third-order valence-electron chi connectivity index (χ3n) is 2.38. The Morgan fingerprint density at radius 3 is 2.94 bits per heavy atom. The highest BCUT2D eigenvalue weighted by Gasteiger charge is 2.12. The molecule has 1 aromatic heterocycles. The first-order chi connectivity index (χ1) is 8.70. The molecule has 2 rings (SSSR count). The molecule has 0 aliphatic heterocycles. The van der Waals surface area contributed by atoms with E-state index in [0.717, 1.165) is 29.3 Å². The van der Waals surface area contributed by atoms with Crippen LogP contribution >= 0.6 is 11.5 Å². The quantitative estimate of drug-likeness (QED) is 0.888. The Kier molecular flexibility index (Phi) is 3.88. The topological polar surface area (TPSA) is 66.9 Å². The smallest absolute Gasteiger partial charge is 0.258 e. The number of hydrogen-bond acceptors (Lipinski definition) is 5. The lowest BCUT2D eigenvalue weighted by Gasteiger charge is -2.10. The average molecular weight is 262 g/mol. The standard InChI is InChI=1S/C12H14N4OS/c1-3-13-10-5-4-8(2)6-9(10)12(17)15-11-7-14-16-18-11/h4-7,13H,3H2,1-2H3,(H,15,17). The van der Waals surface area contributed by atoms with E-state index in [2.05, 4.69) is 20.2 Å². The number of carbonyl (C=O) groups excluding carboxylic acids is 1. The fourth-order valence-corrected chi connectivity index (χ4v) is 2.01. The zero-order valence-electron chi connectivity index (χ0n) is 10.2. The molecule has 0 bridgehead atoms. The van der Waals surface area contributed by atoms with Gasteiger partial charge in [-0.15, -0.1) is 5.10 Å². The van der Waals surface area contributed by atoms with E-state index < -0.39 is 0 Å². The lowest BCUT2D eigenvalue weighted by atomic mass is 10.1. The summed E-state index contributed by atoms with van der Waals surface area (Å²) in [5.41, 5.74) is 2.51. The van der Waals surface area contributed by atoms with Crippen LogP contribution < -0.4 is 10.6 Å². The lowest BCUT2D eigenvalue weighted by Crippen LogP contribution is -2.14. The fourth-order valence-electron chi connectivity index (χ4n) is 1.59. The summed E-state index contributed by atoms with van der Waals surface area (Å²) >= 11 is 1.16. The molecule has 1 aromatic carbocycles. The highest BCUT2D eigenvalue weighted by atomic mass is 32.1. The number of amides is 1. The van der Waals surface area contributed by atoms with Gasteiger partial charge < -0.3 is 10.6 Å². The number of aromatic nitrogens is 2. The molecule has 0 unspecified atom stereocenters. The van der Waals surface area contributed by atoms with Crippen molar-refractivity contribution in [1.82, 2.24) is 9.59 Å². The summed E-state index contributed by atoms with van der Waals surface area (Å²) < 4.78 is 3.71. The second-order valence-electron chi connectivity index (χ2n) is 3.82.